The molecule has 1 unspecified atom stereocenters. The van der Waals surface area contributed by atoms with E-state index in [1.54, 1.807) is 21.0 Å². The maximum Gasteiger partial charge on any atom is 0.187 e. The molecule has 0 bridgehead atoms. The van der Waals surface area contributed by atoms with Gasteiger partial charge in [-0.25, -0.2) is 0 Å². The third kappa shape index (κ3) is 11.4. The van der Waals surface area contributed by atoms with Crippen LogP contribution in [-0.2, 0) is 61.6 Å². The van der Waals surface area contributed by atoms with Crippen LogP contribution in [0.15, 0.2) is 11.6 Å². The number of aliphatic hydroxyl groups is 11. The van der Waals surface area contributed by atoms with Crippen LogP contribution in [0.5, 0.6) is 0 Å². The van der Waals surface area contributed by atoms with Crippen molar-refractivity contribution < 1.29 is 118 Å². The lowest BCUT2D eigenvalue weighted by molar-refractivity contribution is -0.376. The highest BCUT2D eigenvalue weighted by Crippen LogP contribution is 2.67. The fourth-order valence-corrected chi connectivity index (χ4v) is 15.4. The Bertz CT molecular complexity index is 1990. The van der Waals surface area contributed by atoms with E-state index in [2.05, 4.69) is 19.9 Å². The third-order valence-corrected chi connectivity index (χ3v) is 19.9. The monoisotopic (exact) mass is 1120 g/mol. The molecule has 8 fully saturated rings. The van der Waals surface area contributed by atoms with E-state index in [0.717, 1.165) is 38.5 Å². The van der Waals surface area contributed by atoms with Crippen molar-refractivity contribution in [1.82, 2.24) is 0 Å². The molecule has 0 aromatic carbocycles. The molecule has 11 N–H and O–H groups in total. The van der Waals surface area contributed by atoms with Crippen molar-refractivity contribution >= 4 is 0 Å². The molecular formula is C54H90O24. The van der Waals surface area contributed by atoms with E-state index in [9.17, 15) is 56.2 Å². The van der Waals surface area contributed by atoms with Crippen molar-refractivity contribution in [3.05, 3.63) is 11.6 Å². The summed E-state index contributed by atoms with van der Waals surface area (Å²) in [7, 11) is 4.41. The minimum Gasteiger partial charge on any atom is -0.394 e. The van der Waals surface area contributed by atoms with Gasteiger partial charge in [-0.1, -0.05) is 25.5 Å². The van der Waals surface area contributed by atoms with Crippen molar-refractivity contribution in [2.24, 2.45) is 34.5 Å². The lowest BCUT2D eigenvalue weighted by atomic mass is 9.47. The fraction of sp³-hybridized carbons (Fsp3) is 0.963. The highest BCUT2D eigenvalue weighted by Gasteiger charge is 2.63. The van der Waals surface area contributed by atoms with Crippen LogP contribution in [0.25, 0.3) is 0 Å². The summed E-state index contributed by atoms with van der Waals surface area (Å²) in [6, 6.07) is 0. The predicted octanol–water partition coefficient (Wildman–Crippen LogP) is -1.53. The van der Waals surface area contributed by atoms with Gasteiger partial charge in [-0.05, 0) is 101 Å². The molecule has 0 aromatic rings. The zero-order valence-corrected chi connectivity index (χ0v) is 46.3. The maximum absolute atomic E-state index is 12.1. The summed E-state index contributed by atoms with van der Waals surface area (Å²) in [4.78, 5) is 0. The number of rotatable bonds is 16. The zero-order valence-electron chi connectivity index (χ0n) is 46.3. The summed E-state index contributed by atoms with van der Waals surface area (Å²) in [5.74, 6) is 0.519. The average Bonchev–Trinajstić information content (AvgIpc) is 3.93. The summed E-state index contributed by atoms with van der Waals surface area (Å²) in [5.41, 5.74) is 0.988. The highest BCUT2D eigenvalue weighted by molar-refractivity contribution is 5.26. The topological polar surface area (TPSA) is 343 Å². The molecule has 5 aliphatic heterocycles. The van der Waals surface area contributed by atoms with Crippen molar-refractivity contribution in [2.75, 3.05) is 34.5 Å². The first kappa shape index (κ1) is 61.3. The van der Waals surface area contributed by atoms with E-state index in [-0.39, 0.29) is 28.8 Å². The van der Waals surface area contributed by atoms with E-state index in [4.69, 9.17) is 61.6 Å². The Labute approximate surface area is 456 Å². The van der Waals surface area contributed by atoms with Gasteiger partial charge in [-0.3, -0.25) is 0 Å². The van der Waals surface area contributed by atoms with E-state index in [0.29, 0.717) is 24.7 Å². The van der Waals surface area contributed by atoms with Crippen LogP contribution in [0.3, 0.4) is 0 Å². The van der Waals surface area contributed by atoms with Gasteiger partial charge in [0.1, 0.15) is 91.6 Å². The molecule has 5 heterocycles. The van der Waals surface area contributed by atoms with Crippen LogP contribution >= 0.6 is 0 Å². The van der Waals surface area contributed by atoms with Gasteiger partial charge in [0.25, 0.3) is 0 Å². The zero-order chi connectivity index (χ0) is 56.4. The normalized spacial score (nSPS) is 54.1. The highest BCUT2D eigenvalue weighted by atomic mass is 16.8. The van der Waals surface area contributed by atoms with E-state index < -0.39 is 173 Å². The van der Waals surface area contributed by atoms with Gasteiger partial charge in [-0.15, -0.1) is 0 Å². The fourth-order valence-electron chi connectivity index (χ4n) is 15.4. The largest absolute Gasteiger partial charge is 0.394 e. The van der Waals surface area contributed by atoms with Gasteiger partial charge in [0.15, 0.2) is 31.5 Å². The molecular weight excluding hydrogens is 1030 g/mol. The van der Waals surface area contributed by atoms with Gasteiger partial charge in [0, 0.05) is 33.7 Å². The molecule has 0 aromatic heterocycles. The number of ether oxygens (including phenoxy) is 13. The summed E-state index contributed by atoms with van der Waals surface area (Å²) in [6.45, 7) is 10.5. The second-order valence-corrected chi connectivity index (χ2v) is 24.3. The number of allylic oxidation sites excluding steroid dienone is 1. The van der Waals surface area contributed by atoms with Crippen LogP contribution < -0.4 is 0 Å². The molecule has 9 aliphatic rings. The summed E-state index contributed by atoms with van der Waals surface area (Å²) in [6.07, 6.45) is -21.9. The van der Waals surface area contributed by atoms with Gasteiger partial charge in [0.05, 0.1) is 55.9 Å². The third-order valence-electron chi connectivity index (χ3n) is 19.9. The smallest absolute Gasteiger partial charge is 0.187 e. The number of fused-ring (bicyclic) bond motifs is 5. The van der Waals surface area contributed by atoms with Crippen LogP contribution in [0, 0.1) is 34.5 Å². The molecule has 3 saturated carbocycles. The quantitative estimate of drug-likeness (QED) is 0.0782. The minimum absolute atomic E-state index is 0.0668. The average molecular weight is 1120 g/mol. The van der Waals surface area contributed by atoms with E-state index in [1.807, 2.05) is 13.8 Å². The number of hydrogen-bond acceptors (Lipinski definition) is 24. The summed E-state index contributed by atoms with van der Waals surface area (Å²) >= 11 is 0. The molecule has 450 valence electrons. The molecule has 0 radical (unpaired) electrons. The van der Waals surface area contributed by atoms with Gasteiger partial charge < -0.3 is 118 Å². The van der Waals surface area contributed by atoms with Crippen molar-refractivity contribution in [3.63, 3.8) is 0 Å². The summed E-state index contributed by atoms with van der Waals surface area (Å²) in [5, 5.41) is 119. The van der Waals surface area contributed by atoms with E-state index in [1.165, 1.54) is 19.8 Å². The van der Waals surface area contributed by atoms with E-state index >= 15 is 0 Å². The molecule has 5 saturated heterocycles. The van der Waals surface area contributed by atoms with Gasteiger partial charge in [-0.2, -0.15) is 0 Å². The lowest BCUT2D eigenvalue weighted by Crippen LogP contribution is -2.65. The molecule has 24 heteroatoms. The van der Waals surface area contributed by atoms with Crippen LogP contribution in [0.4, 0.5) is 0 Å². The first-order valence-corrected chi connectivity index (χ1v) is 28.2. The Morgan fingerprint density at radius 3 is 1.87 bits per heavy atom. The van der Waals surface area contributed by atoms with Crippen LogP contribution in [-0.4, -0.2) is 256 Å². The Morgan fingerprint density at radius 2 is 1.21 bits per heavy atom. The molecule has 0 spiro atoms. The molecule has 24 nitrogen and oxygen atoms in total. The standard InChI is InChI=1S/C54H90O24/c1-21(71-52-48(47(68-9)37(58)23(3)73-52)78-50-43(64)41(62)39(60)33(76-50)20-69-49-42(63)40(61)38(59)32(19-55)75-49)35-30(56)17-29-27-11-10-25-16-26(12-14-53(25,5)28(27)13-15-54(29,35)6)74-34-18-31(66-7)45(24(4)70-34)77-51-44(65)46(67-8)36(57)22(2)72-51/h10,21-24,26-52,55-65H,11-20H2,1-9H3/t21?,22-,23-,24-,26+,27-,28+,29-,30+,31+,32-,33-,34+,35+,36+,37+,38-,39-,40+,41+,42-,43-,44-,45-,46+,47+,48-,49-,50+,51+,52-,53+,54+/m1/s1. The molecule has 4 aliphatic carbocycles. The summed E-state index contributed by atoms with van der Waals surface area (Å²) < 4.78 is 78.8. The minimum atomic E-state index is -1.84. The molecule has 9 rings (SSSR count). The molecule has 0 amide bonds. The second kappa shape index (κ2) is 24.8. The van der Waals surface area contributed by atoms with Gasteiger partial charge in [0.2, 0.25) is 0 Å². The Morgan fingerprint density at radius 1 is 0.590 bits per heavy atom. The SMILES string of the molecule is CO[C@H]1[C@@H](O)[C@@H](C)O[C@@H](O[C@H]2[C@@H](OC)C[C@H](O[C@H]3CC[C@@]4(C)C(=CC[C@H]5[C@H]6C[C@H](O)[C@H](C(C)O[C@@H]7O[C@H](C)[C@H](O)[C@H](OC)[C@H]7O[C@@H]7O[C@H](CO[C@@H]8O[C@H](CO)[C@@H](O)[C@H](O)[C@H]8O)[C@@H](O)[C@H](O)[C@H]7O)[C@@]6(C)CC[C@@H]54)C3)O[C@@H]2C)[C@@H]1O. The molecule has 33 atom stereocenters. The molecule has 78 heavy (non-hydrogen) atoms. The Kier molecular flexibility index (Phi) is 19.5. The predicted molar refractivity (Wildman–Crippen MR) is 266 cm³/mol. The van der Waals surface area contributed by atoms with Crippen LogP contribution in [0.1, 0.15) is 92.9 Å². The Balaban J connectivity index is 0.832. The van der Waals surface area contributed by atoms with Crippen molar-refractivity contribution in [1.29, 1.82) is 0 Å². The lowest BCUT2D eigenvalue weighted by Gasteiger charge is -2.58. The number of hydrogen-bond donors (Lipinski definition) is 11. The first-order valence-electron chi connectivity index (χ1n) is 28.2. The second-order valence-electron chi connectivity index (χ2n) is 24.3. The van der Waals surface area contributed by atoms with Crippen molar-refractivity contribution in [3.8, 4) is 0 Å². The number of methoxy groups -OCH3 is 3. The van der Waals surface area contributed by atoms with Gasteiger partial charge >= 0.3 is 0 Å². The first-order chi connectivity index (χ1) is 37.0. The maximum atomic E-state index is 12.1. The van der Waals surface area contributed by atoms with Crippen molar-refractivity contribution in [2.45, 2.75) is 259 Å². The number of aliphatic hydroxyl groups excluding tert-OH is 11. The Hall–Kier alpha value is -1.22. The van der Waals surface area contributed by atoms with Crippen LogP contribution in [0.2, 0.25) is 0 Å².